The molecule has 27 heavy (non-hydrogen) atoms. The molecule has 0 saturated carbocycles. The van der Waals surface area contributed by atoms with Crippen LogP contribution in [0.2, 0.25) is 0 Å². The van der Waals surface area contributed by atoms with Crippen molar-refractivity contribution in [3.8, 4) is 0 Å². The van der Waals surface area contributed by atoms with Crippen molar-refractivity contribution in [2.75, 3.05) is 30.3 Å². The number of anilines is 1. The zero-order valence-corrected chi connectivity index (χ0v) is 16.0. The summed E-state index contributed by atoms with van der Waals surface area (Å²) in [6, 6.07) is 5.90. The smallest absolute Gasteiger partial charge is 0.227 e. The van der Waals surface area contributed by atoms with Gasteiger partial charge in [0.25, 0.3) is 0 Å². The van der Waals surface area contributed by atoms with Crippen LogP contribution in [-0.2, 0) is 19.6 Å². The molecule has 1 aromatic rings. The lowest BCUT2D eigenvalue weighted by Gasteiger charge is -2.31. The molecule has 3 rings (SSSR count). The number of para-hydroxylation sites is 1. The molecule has 0 radical (unpaired) electrons. The third kappa shape index (κ3) is 4.30. The molecule has 1 atom stereocenters. The first-order valence-corrected chi connectivity index (χ1v) is 10.8. The molecule has 2 aliphatic rings. The number of carbonyl (C=O) groups excluding carboxylic acids is 2. The van der Waals surface area contributed by atoms with Gasteiger partial charge in [-0.2, -0.15) is 0 Å². The van der Waals surface area contributed by atoms with Gasteiger partial charge in [0.1, 0.15) is 5.82 Å². The quantitative estimate of drug-likeness (QED) is 0.806. The van der Waals surface area contributed by atoms with E-state index in [0.29, 0.717) is 25.9 Å². The second kappa shape index (κ2) is 7.93. The summed E-state index contributed by atoms with van der Waals surface area (Å²) in [5, 5.41) is 2.92. The highest BCUT2D eigenvalue weighted by atomic mass is 32.2. The Balaban J connectivity index is 1.56. The Bertz CT molecular complexity index is 822. The average molecular weight is 397 g/mol. The summed E-state index contributed by atoms with van der Waals surface area (Å²) < 4.78 is 39.2. The lowest BCUT2D eigenvalue weighted by Crippen LogP contribution is -2.48. The minimum atomic E-state index is -3.20. The number of carbonyl (C=O) groups is 2. The van der Waals surface area contributed by atoms with E-state index < -0.39 is 21.8 Å². The Morgan fingerprint density at radius 3 is 2.56 bits per heavy atom. The standard InChI is InChI=1S/C18H24FN3O4S/c1-2-27(25,26)21-9-7-14(8-10-21)20-18(24)13-11-17(23)22(12-13)16-6-4-3-5-15(16)19/h3-6,13-14H,2,7-12H2,1H3,(H,20,24)/t13-/m1/s1. The van der Waals surface area contributed by atoms with Crippen molar-refractivity contribution in [1.29, 1.82) is 0 Å². The monoisotopic (exact) mass is 397 g/mol. The van der Waals surface area contributed by atoms with Gasteiger partial charge in [0.15, 0.2) is 0 Å². The molecule has 148 valence electrons. The van der Waals surface area contributed by atoms with Crippen LogP contribution in [0.15, 0.2) is 24.3 Å². The molecule has 0 aromatic heterocycles. The molecule has 7 nitrogen and oxygen atoms in total. The maximum absolute atomic E-state index is 13.9. The fourth-order valence-electron chi connectivity index (χ4n) is 3.57. The molecule has 0 unspecified atom stereocenters. The van der Waals surface area contributed by atoms with Gasteiger partial charge in [-0.15, -0.1) is 0 Å². The number of sulfonamides is 1. The predicted molar refractivity (Wildman–Crippen MR) is 99.1 cm³/mol. The van der Waals surface area contributed by atoms with Gasteiger partial charge < -0.3 is 10.2 Å². The second-order valence-electron chi connectivity index (χ2n) is 6.94. The summed E-state index contributed by atoms with van der Waals surface area (Å²) in [5.41, 5.74) is 0.191. The van der Waals surface area contributed by atoms with Crippen LogP contribution in [0.25, 0.3) is 0 Å². The Kier molecular flexibility index (Phi) is 5.81. The SMILES string of the molecule is CCS(=O)(=O)N1CCC(NC(=O)[C@@H]2CC(=O)N(c3ccccc3F)C2)CC1. The molecule has 2 aliphatic heterocycles. The molecule has 2 heterocycles. The summed E-state index contributed by atoms with van der Waals surface area (Å²) in [5.74, 6) is -1.46. The van der Waals surface area contributed by atoms with E-state index in [2.05, 4.69) is 5.32 Å². The van der Waals surface area contributed by atoms with Crippen LogP contribution in [0.4, 0.5) is 10.1 Å². The van der Waals surface area contributed by atoms with Gasteiger partial charge >= 0.3 is 0 Å². The molecule has 1 aromatic carbocycles. The molecule has 2 amide bonds. The van der Waals surface area contributed by atoms with Crippen LogP contribution in [0.3, 0.4) is 0 Å². The molecule has 0 aliphatic carbocycles. The molecule has 2 fully saturated rings. The second-order valence-corrected chi connectivity index (χ2v) is 9.20. The van der Waals surface area contributed by atoms with Crippen molar-refractivity contribution in [1.82, 2.24) is 9.62 Å². The molecule has 2 saturated heterocycles. The van der Waals surface area contributed by atoms with Crippen molar-refractivity contribution in [2.45, 2.75) is 32.2 Å². The summed E-state index contributed by atoms with van der Waals surface area (Å²) >= 11 is 0. The van der Waals surface area contributed by atoms with Gasteiger partial charge in [-0.05, 0) is 31.9 Å². The van der Waals surface area contributed by atoms with Crippen LogP contribution >= 0.6 is 0 Å². The Hall–Kier alpha value is -2.00. The van der Waals surface area contributed by atoms with Crippen LogP contribution in [-0.4, -0.2) is 56.0 Å². The minimum absolute atomic E-state index is 0.0449. The fourth-order valence-corrected chi connectivity index (χ4v) is 4.70. The highest BCUT2D eigenvalue weighted by Crippen LogP contribution is 2.27. The summed E-state index contributed by atoms with van der Waals surface area (Å²) in [7, 11) is -3.20. The van der Waals surface area contributed by atoms with Crippen molar-refractivity contribution >= 4 is 27.5 Å². The van der Waals surface area contributed by atoms with Gasteiger partial charge in [0, 0.05) is 32.1 Å². The number of rotatable bonds is 5. The zero-order valence-electron chi connectivity index (χ0n) is 15.2. The lowest BCUT2D eigenvalue weighted by molar-refractivity contribution is -0.127. The van der Waals surface area contributed by atoms with Crippen molar-refractivity contribution in [2.24, 2.45) is 5.92 Å². The molecular formula is C18H24FN3O4S. The number of benzene rings is 1. The first-order valence-electron chi connectivity index (χ1n) is 9.15. The van der Waals surface area contributed by atoms with E-state index in [1.807, 2.05) is 0 Å². The molecule has 9 heteroatoms. The maximum atomic E-state index is 13.9. The van der Waals surface area contributed by atoms with E-state index in [1.54, 1.807) is 19.1 Å². The topological polar surface area (TPSA) is 86.8 Å². The Morgan fingerprint density at radius 2 is 1.93 bits per heavy atom. The fraction of sp³-hybridized carbons (Fsp3) is 0.556. The number of halogens is 1. The van der Waals surface area contributed by atoms with Crippen LogP contribution < -0.4 is 10.2 Å². The molecule has 0 spiro atoms. The van der Waals surface area contributed by atoms with Crippen molar-refractivity contribution in [3.05, 3.63) is 30.1 Å². The number of nitrogens with zero attached hydrogens (tertiary/aromatic N) is 2. The number of hydrogen-bond donors (Lipinski definition) is 1. The Morgan fingerprint density at radius 1 is 1.26 bits per heavy atom. The number of hydrogen-bond acceptors (Lipinski definition) is 4. The third-order valence-corrected chi connectivity index (χ3v) is 7.08. The van der Waals surface area contributed by atoms with Crippen LogP contribution in [0, 0.1) is 11.7 Å². The summed E-state index contributed by atoms with van der Waals surface area (Å²) in [4.78, 5) is 26.1. The number of amides is 2. The highest BCUT2D eigenvalue weighted by Gasteiger charge is 2.37. The van der Waals surface area contributed by atoms with Crippen molar-refractivity contribution < 1.29 is 22.4 Å². The van der Waals surface area contributed by atoms with Gasteiger partial charge in [-0.3, -0.25) is 9.59 Å². The van der Waals surface area contributed by atoms with E-state index in [1.165, 1.54) is 21.3 Å². The van der Waals surface area contributed by atoms with Gasteiger partial charge in [-0.25, -0.2) is 17.1 Å². The zero-order chi connectivity index (χ0) is 19.6. The van der Waals surface area contributed by atoms with Gasteiger partial charge in [0.05, 0.1) is 17.4 Å². The van der Waals surface area contributed by atoms with E-state index >= 15 is 0 Å². The number of piperidine rings is 1. The largest absolute Gasteiger partial charge is 0.353 e. The van der Waals surface area contributed by atoms with Crippen LogP contribution in [0.1, 0.15) is 26.2 Å². The van der Waals surface area contributed by atoms with E-state index in [0.717, 1.165) is 0 Å². The van der Waals surface area contributed by atoms with Crippen molar-refractivity contribution in [3.63, 3.8) is 0 Å². The molecule has 1 N–H and O–H groups in total. The van der Waals surface area contributed by atoms with Crippen LogP contribution in [0.5, 0.6) is 0 Å². The summed E-state index contributed by atoms with van der Waals surface area (Å²) in [6.45, 7) is 2.52. The highest BCUT2D eigenvalue weighted by molar-refractivity contribution is 7.89. The molecular weight excluding hydrogens is 373 g/mol. The molecule has 0 bridgehead atoms. The van der Waals surface area contributed by atoms with E-state index in [9.17, 15) is 22.4 Å². The average Bonchev–Trinajstić information content (AvgIpc) is 3.04. The Labute approximate surface area is 158 Å². The summed E-state index contributed by atoms with van der Waals surface area (Å²) in [6.07, 6.45) is 1.13. The lowest BCUT2D eigenvalue weighted by atomic mass is 10.0. The number of nitrogens with one attached hydrogen (secondary N) is 1. The van der Waals surface area contributed by atoms with Gasteiger partial charge in [0.2, 0.25) is 21.8 Å². The van der Waals surface area contributed by atoms with E-state index in [-0.39, 0.29) is 42.3 Å². The minimum Gasteiger partial charge on any atom is -0.353 e. The maximum Gasteiger partial charge on any atom is 0.227 e. The third-order valence-electron chi connectivity index (χ3n) is 5.20. The van der Waals surface area contributed by atoms with Gasteiger partial charge in [-0.1, -0.05) is 12.1 Å². The van der Waals surface area contributed by atoms with E-state index in [4.69, 9.17) is 0 Å². The normalized spacial score (nSPS) is 22.2. The first-order chi connectivity index (χ1) is 12.8. The predicted octanol–water partition coefficient (Wildman–Crippen LogP) is 1.11. The first kappa shape index (κ1) is 19.8.